The average Bonchev–Trinajstić information content (AvgIpc) is 2.32. The lowest BCUT2D eigenvalue weighted by Crippen LogP contribution is -2.13. The maximum Gasteiger partial charge on any atom is 0.194 e. The number of pyridine rings is 1. The smallest absolute Gasteiger partial charge is 0.194 e. The molecule has 0 aliphatic carbocycles. The fraction of sp³-hybridized carbons (Fsp3) is 0. The van der Waals surface area contributed by atoms with Crippen LogP contribution in [0.5, 0.6) is 0 Å². The Labute approximate surface area is 107 Å². The van der Waals surface area contributed by atoms with Crippen molar-refractivity contribution in [3.63, 3.8) is 0 Å². The van der Waals surface area contributed by atoms with Crippen LogP contribution in [0.4, 0.5) is 0 Å². The minimum absolute atomic E-state index is 0.0849. The molecule has 0 bridgehead atoms. The van der Waals surface area contributed by atoms with Gasteiger partial charge in [-0.15, -0.1) is 0 Å². The quantitative estimate of drug-likeness (QED) is 0.503. The molecule has 0 spiro atoms. The molecule has 0 radical (unpaired) electrons. The fourth-order valence-corrected chi connectivity index (χ4v) is 1.85. The molecule has 2 rings (SSSR count). The Balaban J connectivity index is 2.21. The highest BCUT2D eigenvalue weighted by Crippen LogP contribution is 2.23. The molecule has 2 aromatic heterocycles. The van der Waals surface area contributed by atoms with Gasteiger partial charge in [0.15, 0.2) is 5.16 Å². The molecule has 2 heterocycles. The zero-order chi connectivity index (χ0) is 12.3. The Bertz CT molecular complexity index is 543. The van der Waals surface area contributed by atoms with Crippen molar-refractivity contribution in [2.24, 2.45) is 5.73 Å². The third-order valence-electron chi connectivity index (χ3n) is 1.81. The van der Waals surface area contributed by atoms with Crippen molar-refractivity contribution in [3.05, 3.63) is 41.3 Å². The van der Waals surface area contributed by atoms with Crippen molar-refractivity contribution >= 4 is 29.2 Å². The molecule has 0 atom stereocenters. The van der Waals surface area contributed by atoms with Gasteiger partial charge < -0.3 is 5.73 Å². The van der Waals surface area contributed by atoms with E-state index in [-0.39, 0.29) is 5.84 Å². The predicted octanol–water partition coefficient (Wildman–Crippen LogP) is 1.96. The SMILES string of the molecule is N=C(N)c1ccnc(Sc2ccc(Cl)cn2)n1. The van der Waals surface area contributed by atoms with Gasteiger partial charge >= 0.3 is 0 Å². The van der Waals surface area contributed by atoms with E-state index in [4.69, 9.17) is 22.7 Å². The van der Waals surface area contributed by atoms with Gasteiger partial charge in [0.25, 0.3) is 0 Å². The van der Waals surface area contributed by atoms with E-state index in [1.165, 1.54) is 11.8 Å². The summed E-state index contributed by atoms with van der Waals surface area (Å²) in [7, 11) is 0. The predicted molar refractivity (Wildman–Crippen MR) is 66.4 cm³/mol. The van der Waals surface area contributed by atoms with E-state index in [0.29, 0.717) is 15.9 Å². The first-order valence-corrected chi connectivity index (χ1v) is 5.81. The minimum Gasteiger partial charge on any atom is -0.382 e. The third kappa shape index (κ3) is 3.15. The van der Waals surface area contributed by atoms with Gasteiger partial charge in [-0.25, -0.2) is 15.0 Å². The average molecular weight is 266 g/mol. The van der Waals surface area contributed by atoms with Crippen LogP contribution in [0.25, 0.3) is 0 Å². The standard InChI is InChI=1S/C10H8ClN5S/c11-6-1-2-8(15-5-6)17-10-14-4-3-7(16-10)9(12)13/h1-5H,(H3,12,13). The molecule has 3 N–H and O–H groups in total. The molecular formula is C10H8ClN5S. The normalized spacial score (nSPS) is 10.2. The van der Waals surface area contributed by atoms with Gasteiger partial charge in [-0.3, -0.25) is 5.41 Å². The zero-order valence-electron chi connectivity index (χ0n) is 8.59. The molecule has 0 unspecified atom stereocenters. The van der Waals surface area contributed by atoms with Crippen molar-refractivity contribution in [1.82, 2.24) is 15.0 Å². The number of hydrogen-bond acceptors (Lipinski definition) is 5. The molecule has 86 valence electrons. The molecule has 0 aromatic carbocycles. The zero-order valence-corrected chi connectivity index (χ0v) is 10.2. The number of rotatable bonds is 3. The van der Waals surface area contributed by atoms with Crippen LogP contribution in [0.2, 0.25) is 5.02 Å². The first-order valence-electron chi connectivity index (χ1n) is 4.62. The van der Waals surface area contributed by atoms with Crippen molar-refractivity contribution in [2.45, 2.75) is 10.2 Å². The van der Waals surface area contributed by atoms with Crippen molar-refractivity contribution in [3.8, 4) is 0 Å². The number of halogens is 1. The molecule has 2 aromatic rings. The minimum atomic E-state index is -0.0849. The Kier molecular flexibility index (Phi) is 3.55. The number of nitrogen functional groups attached to an aromatic ring is 1. The first-order chi connectivity index (χ1) is 8.15. The summed E-state index contributed by atoms with van der Waals surface area (Å²) in [6, 6.07) is 5.10. The Morgan fingerprint density at radius 3 is 2.76 bits per heavy atom. The number of amidine groups is 1. The summed E-state index contributed by atoms with van der Waals surface area (Å²) in [5, 5.41) is 9.09. The molecule has 0 saturated carbocycles. The second-order valence-corrected chi connectivity index (χ2v) is 4.48. The highest BCUT2D eigenvalue weighted by molar-refractivity contribution is 7.99. The van der Waals surface area contributed by atoms with E-state index < -0.39 is 0 Å². The highest BCUT2D eigenvalue weighted by atomic mass is 35.5. The number of nitrogens with one attached hydrogen (secondary N) is 1. The van der Waals surface area contributed by atoms with Gasteiger partial charge in [0.2, 0.25) is 0 Å². The van der Waals surface area contributed by atoms with E-state index in [0.717, 1.165) is 5.03 Å². The van der Waals surface area contributed by atoms with Gasteiger partial charge in [-0.2, -0.15) is 0 Å². The number of nitrogens with two attached hydrogens (primary N) is 1. The van der Waals surface area contributed by atoms with Crippen LogP contribution < -0.4 is 5.73 Å². The summed E-state index contributed by atoms with van der Waals surface area (Å²) in [6.45, 7) is 0. The van der Waals surface area contributed by atoms with Crippen LogP contribution in [0.15, 0.2) is 40.8 Å². The van der Waals surface area contributed by atoms with E-state index in [2.05, 4.69) is 15.0 Å². The summed E-state index contributed by atoms with van der Waals surface area (Å²) < 4.78 is 0. The summed E-state index contributed by atoms with van der Waals surface area (Å²) >= 11 is 7.02. The van der Waals surface area contributed by atoms with E-state index in [1.807, 2.05) is 0 Å². The summed E-state index contributed by atoms with van der Waals surface area (Å²) in [6.07, 6.45) is 3.11. The van der Waals surface area contributed by atoms with Gasteiger partial charge in [0.05, 0.1) is 5.02 Å². The highest BCUT2D eigenvalue weighted by Gasteiger charge is 2.04. The van der Waals surface area contributed by atoms with Crippen LogP contribution in [0.3, 0.4) is 0 Å². The Morgan fingerprint density at radius 1 is 1.29 bits per heavy atom. The van der Waals surface area contributed by atoms with Crippen LogP contribution in [0, 0.1) is 5.41 Å². The topological polar surface area (TPSA) is 88.5 Å². The Hall–Kier alpha value is -1.66. The molecule has 0 amide bonds. The molecule has 0 aliphatic heterocycles. The van der Waals surface area contributed by atoms with Crippen LogP contribution in [-0.4, -0.2) is 20.8 Å². The number of aromatic nitrogens is 3. The van der Waals surface area contributed by atoms with Crippen molar-refractivity contribution < 1.29 is 0 Å². The van der Waals surface area contributed by atoms with Crippen molar-refractivity contribution in [1.29, 1.82) is 5.41 Å². The molecule has 17 heavy (non-hydrogen) atoms. The maximum atomic E-state index is 7.29. The first kappa shape index (κ1) is 11.8. The summed E-state index contributed by atoms with van der Waals surface area (Å²) in [4.78, 5) is 12.3. The fourth-order valence-electron chi connectivity index (χ4n) is 1.06. The molecule has 0 aliphatic rings. The summed E-state index contributed by atoms with van der Waals surface area (Å²) in [5.41, 5.74) is 5.75. The molecule has 0 fully saturated rings. The van der Waals surface area contributed by atoms with Gasteiger partial charge in [0, 0.05) is 12.4 Å². The Morgan fingerprint density at radius 2 is 2.12 bits per heavy atom. The van der Waals surface area contributed by atoms with Gasteiger partial charge in [0.1, 0.15) is 16.6 Å². The maximum absolute atomic E-state index is 7.29. The van der Waals surface area contributed by atoms with Gasteiger partial charge in [-0.1, -0.05) is 11.6 Å². The van der Waals surface area contributed by atoms with Crippen molar-refractivity contribution in [2.75, 3.05) is 0 Å². The molecular weight excluding hydrogens is 258 g/mol. The third-order valence-corrected chi connectivity index (χ3v) is 2.86. The second-order valence-electron chi connectivity index (χ2n) is 3.05. The number of hydrogen-bond donors (Lipinski definition) is 2. The summed E-state index contributed by atoms with van der Waals surface area (Å²) in [5.74, 6) is -0.0849. The van der Waals surface area contributed by atoms with E-state index in [9.17, 15) is 0 Å². The molecule has 5 nitrogen and oxygen atoms in total. The molecule has 0 saturated heterocycles. The monoisotopic (exact) mass is 265 g/mol. The lowest BCUT2D eigenvalue weighted by Gasteiger charge is -2.01. The number of nitrogens with zero attached hydrogens (tertiary/aromatic N) is 3. The second kappa shape index (κ2) is 5.11. The van der Waals surface area contributed by atoms with E-state index >= 15 is 0 Å². The largest absolute Gasteiger partial charge is 0.382 e. The van der Waals surface area contributed by atoms with Gasteiger partial charge in [-0.05, 0) is 30.0 Å². The van der Waals surface area contributed by atoms with Crippen LogP contribution in [0.1, 0.15) is 5.69 Å². The van der Waals surface area contributed by atoms with E-state index in [1.54, 1.807) is 30.6 Å². The van der Waals surface area contributed by atoms with Crippen LogP contribution in [-0.2, 0) is 0 Å². The van der Waals surface area contributed by atoms with Crippen LogP contribution >= 0.6 is 23.4 Å². The lowest BCUT2D eigenvalue weighted by molar-refractivity contribution is 0.948. The molecule has 7 heteroatoms. The lowest BCUT2D eigenvalue weighted by atomic mass is 10.4.